The van der Waals surface area contributed by atoms with Gasteiger partial charge in [0.05, 0.1) is 18.4 Å². The fraction of sp³-hybridized carbons (Fsp3) is 0.273. The van der Waals surface area contributed by atoms with Gasteiger partial charge in [0.15, 0.2) is 0 Å². The van der Waals surface area contributed by atoms with Crippen LogP contribution in [0.4, 0.5) is 5.82 Å². The lowest BCUT2D eigenvalue weighted by molar-refractivity contribution is 1.06. The van der Waals surface area contributed by atoms with Crippen LogP contribution in [0, 0.1) is 13.8 Å². The second-order valence-corrected chi connectivity index (χ2v) is 4.43. The molecule has 3 nitrogen and oxygen atoms in total. The number of thiophene rings is 1. The van der Waals surface area contributed by atoms with Crippen LogP contribution in [-0.2, 0) is 6.54 Å². The molecule has 2 aromatic heterocycles. The number of nitrogens with zero attached hydrogens (tertiary/aromatic N) is 2. The van der Waals surface area contributed by atoms with Crippen molar-refractivity contribution in [2.45, 2.75) is 20.4 Å². The Bertz CT molecular complexity index is 451. The number of hydrogen-bond donors (Lipinski definition) is 1. The highest BCUT2D eigenvalue weighted by Crippen LogP contribution is 2.16. The maximum atomic E-state index is 4.33. The van der Waals surface area contributed by atoms with Crippen molar-refractivity contribution in [3.8, 4) is 0 Å². The van der Waals surface area contributed by atoms with Gasteiger partial charge in [-0.1, -0.05) is 0 Å². The van der Waals surface area contributed by atoms with Crippen LogP contribution >= 0.6 is 11.3 Å². The van der Waals surface area contributed by atoms with E-state index in [1.807, 2.05) is 6.92 Å². The van der Waals surface area contributed by atoms with Crippen molar-refractivity contribution in [3.63, 3.8) is 0 Å². The second kappa shape index (κ2) is 4.40. The number of rotatable bonds is 3. The summed E-state index contributed by atoms with van der Waals surface area (Å²) < 4.78 is 0. The zero-order valence-electron chi connectivity index (χ0n) is 8.82. The second-order valence-electron chi connectivity index (χ2n) is 3.43. The van der Waals surface area contributed by atoms with Crippen molar-refractivity contribution in [1.29, 1.82) is 0 Å². The van der Waals surface area contributed by atoms with Gasteiger partial charge >= 0.3 is 0 Å². The topological polar surface area (TPSA) is 37.8 Å². The highest BCUT2D eigenvalue weighted by atomic mass is 32.1. The SMILES string of the molecule is Cc1cncc(NCc2sccc2C)n1. The standard InChI is InChI=1S/C11H13N3S/c1-8-3-4-15-10(8)6-13-11-7-12-5-9(2)14-11/h3-5,7H,6H2,1-2H3,(H,13,14). The Morgan fingerprint density at radius 3 is 2.87 bits per heavy atom. The molecule has 0 unspecified atom stereocenters. The number of anilines is 1. The molecular formula is C11H13N3S. The van der Waals surface area contributed by atoms with E-state index in [0.717, 1.165) is 18.1 Å². The summed E-state index contributed by atoms with van der Waals surface area (Å²) in [6, 6.07) is 2.13. The van der Waals surface area contributed by atoms with Crippen molar-refractivity contribution >= 4 is 17.2 Å². The zero-order valence-corrected chi connectivity index (χ0v) is 9.64. The Morgan fingerprint density at radius 2 is 2.20 bits per heavy atom. The van der Waals surface area contributed by atoms with E-state index in [-0.39, 0.29) is 0 Å². The lowest BCUT2D eigenvalue weighted by Crippen LogP contribution is -2.01. The van der Waals surface area contributed by atoms with Crippen LogP contribution < -0.4 is 5.32 Å². The van der Waals surface area contributed by atoms with Crippen LogP contribution in [0.1, 0.15) is 16.1 Å². The number of aromatic nitrogens is 2. The minimum absolute atomic E-state index is 0.821. The van der Waals surface area contributed by atoms with E-state index < -0.39 is 0 Å². The molecule has 2 heterocycles. The van der Waals surface area contributed by atoms with E-state index in [9.17, 15) is 0 Å². The molecule has 0 spiro atoms. The number of nitrogens with one attached hydrogen (secondary N) is 1. The maximum absolute atomic E-state index is 4.33. The van der Waals surface area contributed by atoms with Crippen LogP contribution in [-0.4, -0.2) is 9.97 Å². The summed E-state index contributed by atoms with van der Waals surface area (Å²) in [7, 11) is 0. The average molecular weight is 219 g/mol. The first-order valence-corrected chi connectivity index (χ1v) is 5.69. The maximum Gasteiger partial charge on any atom is 0.145 e. The van der Waals surface area contributed by atoms with Crippen LogP contribution in [0.15, 0.2) is 23.8 Å². The Balaban J connectivity index is 2.02. The molecule has 0 aliphatic carbocycles. The molecule has 1 N–H and O–H groups in total. The van der Waals surface area contributed by atoms with Gasteiger partial charge < -0.3 is 5.32 Å². The van der Waals surface area contributed by atoms with Gasteiger partial charge in [0, 0.05) is 11.1 Å². The summed E-state index contributed by atoms with van der Waals surface area (Å²) >= 11 is 1.76. The van der Waals surface area contributed by atoms with Crippen molar-refractivity contribution < 1.29 is 0 Å². The predicted octanol–water partition coefficient (Wildman–Crippen LogP) is 2.77. The van der Waals surface area contributed by atoms with E-state index in [0.29, 0.717) is 0 Å². The molecule has 0 aliphatic rings. The Kier molecular flexibility index (Phi) is 2.97. The third-order valence-electron chi connectivity index (χ3n) is 2.15. The van der Waals surface area contributed by atoms with Crippen molar-refractivity contribution in [1.82, 2.24) is 9.97 Å². The lowest BCUT2D eigenvalue weighted by Gasteiger charge is -2.04. The molecule has 0 saturated carbocycles. The summed E-state index contributed by atoms with van der Waals surface area (Å²) in [5.41, 5.74) is 2.26. The number of aryl methyl sites for hydroxylation is 2. The minimum Gasteiger partial charge on any atom is -0.364 e. The molecule has 4 heteroatoms. The summed E-state index contributed by atoms with van der Waals surface area (Å²) in [6.07, 6.45) is 3.50. The molecule has 0 bridgehead atoms. The Labute approximate surface area is 93.2 Å². The minimum atomic E-state index is 0.821. The van der Waals surface area contributed by atoms with E-state index in [1.165, 1.54) is 10.4 Å². The van der Waals surface area contributed by atoms with Gasteiger partial charge in [0.1, 0.15) is 5.82 Å². The molecule has 78 valence electrons. The molecule has 2 aromatic rings. The predicted molar refractivity (Wildman–Crippen MR) is 63.2 cm³/mol. The normalized spacial score (nSPS) is 10.3. The van der Waals surface area contributed by atoms with Gasteiger partial charge in [0.25, 0.3) is 0 Å². The fourth-order valence-corrected chi connectivity index (χ4v) is 2.15. The molecule has 0 fully saturated rings. The molecule has 15 heavy (non-hydrogen) atoms. The van der Waals surface area contributed by atoms with Gasteiger partial charge in [-0.15, -0.1) is 11.3 Å². The average Bonchev–Trinajstić information content (AvgIpc) is 2.61. The first-order valence-electron chi connectivity index (χ1n) is 4.81. The quantitative estimate of drug-likeness (QED) is 0.862. The Hall–Kier alpha value is -1.42. The fourth-order valence-electron chi connectivity index (χ4n) is 1.30. The molecule has 0 amide bonds. The smallest absolute Gasteiger partial charge is 0.145 e. The lowest BCUT2D eigenvalue weighted by atomic mass is 10.3. The first-order chi connectivity index (χ1) is 7.25. The van der Waals surface area contributed by atoms with Crippen LogP contribution in [0.2, 0.25) is 0 Å². The van der Waals surface area contributed by atoms with E-state index in [4.69, 9.17) is 0 Å². The summed E-state index contributed by atoms with van der Waals surface area (Å²) in [5.74, 6) is 0.836. The van der Waals surface area contributed by atoms with Gasteiger partial charge in [-0.25, -0.2) is 4.98 Å². The highest BCUT2D eigenvalue weighted by Gasteiger charge is 2.00. The van der Waals surface area contributed by atoms with Crippen LogP contribution in [0.3, 0.4) is 0 Å². The van der Waals surface area contributed by atoms with Crippen LogP contribution in [0.25, 0.3) is 0 Å². The van der Waals surface area contributed by atoms with E-state index in [1.54, 1.807) is 23.7 Å². The van der Waals surface area contributed by atoms with Crippen molar-refractivity contribution in [2.75, 3.05) is 5.32 Å². The molecule has 0 atom stereocenters. The van der Waals surface area contributed by atoms with Crippen molar-refractivity contribution in [2.24, 2.45) is 0 Å². The van der Waals surface area contributed by atoms with Gasteiger partial charge in [-0.3, -0.25) is 4.98 Å². The zero-order chi connectivity index (χ0) is 10.7. The molecular weight excluding hydrogens is 206 g/mol. The largest absolute Gasteiger partial charge is 0.364 e. The third kappa shape index (κ3) is 2.53. The molecule has 0 aliphatic heterocycles. The van der Waals surface area contributed by atoms with E-state index in [2.05, 4.69) is 33.7 Å². The molecule has 2 rings (SSSR count). The molecule has 0 radical (unpaired) electrons. The summed E-state index contributed by atoms with van der Waals surface area (Å²) in [5, 5.41) is 5.37. The monoisotopic (exact) mass is 219 g/mol. The third-order valence-corrected chi connectivity index (χ3v) is 3.18. The summed E-state index contributed by atoms with van der Waals surface area (Å²) in [4.78, 5) is 9.76. The van der Waals surface area contributed by atoms with Gasteiger partial charge in [-0.05, 0) is 30.9 Å². The molecule has 0 aromatic carbocycles. The highest BCUT2D eigenvalue weighted by molar-refractivity contribution is 7.10. The first kappa shape index (κ1) is 10.1. The van der Waals surface area contributed by atoms with Gasteiger partial charge in [-0.2, -0.15) is 0 Å². The van der Waals surface area contributed by atoms with Crippen LogP contribution in [0.5, 0.6) is 0 Å². The summed E-state index contributed by atoms with van der Waals surface area (Å²) in [6.45, 7) is 4.88. The van der Waals surface area contributed by atoms with Gasteiger partial charge in [0.2, 0.25) is 0 Å². The van der Waals surface area contributed by atoms with E-state index >= 15 is 0 Å². The Morgan fingerprint density at radius 1 is 1.33 bits per heavy atom. The molecule has 0 saturated heterocycles. The number of hydrogen-bond acceptors (Lipinski definition) is 4. The van der Waals surface area contributed by atoms with Crippen molar-refractivity contribution in [3.05, 3.63) is 40.0 Å².